The first-order valence-corrected chi connectivity index (χ1v) is 7.26. The van der Waals surface area contributed by atoms with Crippen molar-refractivity contribution >= 4 is 5.91 Å². The third kappa shape index (κ3) is 4.72. The first-order chi connectivity index (χ1) is 10.2. The van der Waals surface area contributed by atoms with Crippen molar-refractivity contribution in [3.05, 3.63) is 54.1 Å². The fraction of sp³-hybridized carbons (Fsp3) is 0.375. The summed E-state index contributed by atoms with van der Waals surface area (Å²) in [6.45, 7) is 3.34. The quantitative estimate of drug-likeness (QED) is 0.813. The molecule has 1 atom stereocenters. The molecule has 112 valence electrons. The van der Waals surface area contributed by atoms with Crippen molar-refractivity contribution in [3.63, 3.8) is 0 Å². The van der Waals surface area contributed by atoms with E-state index in [2.05, 4.69) is 22.4 Å². The third-order valence-corrected chi connectivity index (χ3v) is 3.35. The zero-order valence-corrected chi connectivity index (χ0v) is 12.3. The van der Waals surface area contributed by atoms with Gasteiger partial charge in [0.15, 0.2) is 0 Å². The molecule has 0 spiro atoms. The van der Waals surface area contributed by atoms with Gasteiger partial charge < -0.3 is 15.6 Å². The highest BCUT2D eigenvalue weighted by Crippen LogP contribution is 2.06. The summed E-state index contributed by atoms with van der Waals surface area (Å²) >= 11 is 0. The molecule has 2 rings (SSSR count). The van der Waals surface area contributed by atoms with E-state index in [1.807, 2.05) is 29.8 Å². The maximum atomic E-state index is 11.7. The molecule has 5 heteroatoms. The molecule has 3 N–H and O–H groups in total. The summed E-state index contributed by atoms with van der Waals surface area (Å²) in [6, 6.07) is 7.77. The molecule has 0 aliphatic rings. The molecule has 0 saturated carbocycles. The van der Waals surface area contributed by atoms with E-state index in [1.54, 1.807) is 12.5 Å². The molecule has 1 aromatic carbocycles. The lowest BCUT2D eigenvalue weighted by molar-refractivity contribution is -0.122. The monoisotopic (exact) mass is 286 g/mol. The number of carbonyl (C=O) groups is 1. The molecule has 0 saturated heterocycles. The minimum atomic E-state index is -0.407. The Labute approximate surface area is 125 Å². The second-order valence-corrected chi connectivity index (χ2v) is 5.16. The van der Waals surface area contributed by atoms with Crippen molar-refractivity contribution in [2.45, 2.75) is 38.9 Å². The summed E-state index contributed by atoms with van der Waals surface area (Å²) in [5.74, 6) is -0.0839. The van der Waals surface area contributed by atoms with Crippen LogP contribution in [0.5, 0.6) is 0 Å². The summed E-state index contributed by atoms with van der Waals surface area (Å²) < 4.78 is 2.01. The van der Waals surface area contributed by atoms with Crippen LogP contribution in [0.4, 0.5) is 0 Å². The molecular weight excluding hydrogens is 264 g/mol. The van der Waals surface area contributed by atoms with Crippen molar-refractivity contribution in [1.82, 2.24) is 14.9 Å². The van der Waals surface area contributed by atoms with E-state index < -0.39 is 6.04 Å². The smallest absolute Gasteiger partial charge is 0.237 e. The summed E-state index contributed by atoms with van der Waals surface area (Å²) in [6.07, 6.45) is 7.13. The number of hydrogen-bond acceptors (Lipinski definition) is 3. The van der Waals surface area contributed by atoms with Gasteiger partial charge >= 0.3 is 0 Å². The van der Waals surface area contributed by atoms with Crippen LogP contribution in [0, 0.1) is 0 Å². The van der Waals surface area contributed by atoms with Gasteiger partial charge in [-0.05, 0) is 17.5 Å². The molecule has 0 aliphatic carbocycles. The van der Waals surface area contributed by atoms with E-state index in [0.29, 0.717) is 6.54 Å². The summed E-state index contributed by atoms with van der Waals surface area (Å²) in [7, 11) is 0. The maximum absolute atomic E-state index is 11.7. The third-order valence-electron chi connectivity index (χ3n) is 3.35. The largest absolute Gasteiger partial charge is 0.351 e. The Bertz CT molecular complexity index is 548. The van der Waals surface area contributed by atoms with Gasteiger partial charge in [0.1, 0.15) is 0 Å². The molecule has 5 nitrogen and oxygen atoms in total. The van der Waals surface area contributed by atoms with Crippen LogP contribution in [0.25, 0.3) is 0 Å². The number of hydrogen-bond donors (Lipinski definition) is 2. The lowest BCUT2D eigenvalue weighted by Crippen LogP contribution is -2.40. The van der Waals surface area contributed by atoms with Crippen molar-refractivity contribution in [2.24, 2.45) is 5.73 Å². The Hall–Kier alpha value is -2.14. The van der Waals surface area contributed by atoms with Gasteiger partial charge in [-0.25, -0.2) is 4.98 Å². The fourth-order valence-corrected chi connectivity index (χ4v) is 2.12. The number of amides is 1. The van der Waals surface area contributed by atoms with Gasteiger partial charge in [-0.2, -0.15) is 0 Å². The molecule has 1 unspecified atom stereocenters. The van der Waals surface area contributed by atoms with E-state index in [4.69, 9.17) is 5.73 Å². The number of nitrogens with two attached hydrogens (primary N) is 1. The fourth-order valence-electron chi connectivity index (χ4n) is 2.12. The standard InChI is InChI=1S/C16H22N4O/c1-2-3-15(17)16(21)19-10-13-4-6-14(7-5-13)11-20-9-8-18-12-20/h4-9,12,15H,2-3,10-11,17H2,1H3,(H,19,21). The minimum absolute atomic E-state index is 0.0839. The Morgan fingerprint density at radius 1 is 1.33 bits per heavy atom. The number of carbonyl (C=O) groups excluding carboxylic acids is 1. The van der Waals surface area contributed by atoms with Crippen LogP contribution < -0.4 is 11.1 Å². The van der Waals surface area contributed by atoms with Crippen molar-refractivity contribution in [3.8, 4) is 0 Å². The van der Waals surface area contributed by atoms with Crippen LogP contribution >= 0.6 is 0 Å². The first-order valence-electron chi connectivity index (χ1n) is 7.26. The molecule has 1 aromatic heterocycles. The summed E-state index contributed by atoms with van der Waals surface area (Å²) in [4.78, 5) is 15.8. The number of nitrogens with zero attached hydrogens (tertiary/aromatic N) is 2. The molecule has 21 heavy (non-hydrogen) atoms. The Morgan fingerprint density at radius 2 is 2.05 bits per heavy atom. The van der Waals surface area contributed by atoms with Gasteiger partial charge in [-0.15, -0.1) is 0 Å². The van der Waals surface area contributed by atoms with Crippen LogP contribution in [-0.4, -0.2) is 21.5 Å². The van der Waals surface area contributed by atoms with E-state index in [1.165, 1.54) is 5.56 Å². The van der Waals surface area contributed by atoms with Crippen LogP contribution in [0.15, 0.2) is 43.0 Å². The van der Waals surface area contributed by atoms with Gasteiger partial charge in [0.05, 0.1) is 12.4 Å². The summed E-state index contributed by atoms with van der Waals surface area (Å²) in [5.41, 5.74) is 8.04. The number of nitrogens with one attached hydrogen (secondary N) is 1. The second-order valence-electron chi connectivity index (χ2n) is 5.16. The predicted molar refractivity (Wildman–Crippen MR) is 82.5 cm³/mol. The number of rotatable bonds is 7. The Kier molecular flexibility index (Phi) is 5.51. The average Bonchev–Trinajstić information content (AvgIpc) is 2.99. The lowest BCUT2D eigenvalue weighted by Gasteiger charge is -2.11. The van der Waals surface area contributed by atoms with Gasteiger partial charge in [-0.3, -0.25) is 4.79 Å². The number of aromatic nitrogens is 2. The van der Waals surface area contributed by atoms with Crippen molar-refractivity contribution < 1.29 is 4.79 Å². The molecule has 2 aromatic rings. The number of imidazole rings is 1. The molecule has 0 fully saturated rings. The topological polar surface area (TPSA) is 72.9 Å². The van der Waals surface area contributed by atoms with E-state index in [-0.39, 0.29) is 5.91 Å². The Balaban J connectivity index is 1.83. The summed E-state index contributed by atoms with van der Waals surface area (Å²) in [5, 5.41) is 2.87. The highest BCUT2D eigenvalue weighted by Gasteiger charge is 2.11. The van der Waals surface area contributed by atoms with Crippen LogP contribution in [0.1, 0.15) is 30.9 Å². The molecule has 1 amide bonds. The van der Waals surface area contributed by atoms with E-state index in [0.717, 1.165) is 24.9 Å². The highest BCUT2D eigenvalue weighted by atomic mass is 16.2. The number of benzene rings is 1. The molecule has 0 bridgehead atoms. The molecule has 1 heterocycles. The SMILES string of the molecule is CCCC(N)C(=O)NCc1ccc(Cn2ccnc2)cc1. The zero-order valence-electron chi connectivity index (χ0n) is 12.3. The van der Waals surface area contributed by atoms with Gasteiger partial charge in [0.2, 0.25) is 5.91 Å². The van der Waals surface area contributed by atoms with Gasteiger partial charge in [-0.1, -0.05) is 37.6 Å². The van der Waals surface area contributed by atoms with Gasteiger partial charge in [0.25, 0.3) is 0 Å². The second kappa shape index (κ2) is 7.59. The van der Waals surface area contributed by atoms with E-state index in [9.17, 15) is 4.79 Å². The normalized spacial score (nSPS) is 12.1. The Morgan fingerprint density at radius 3 is 2.67 bits per heavy atom. The van der Waals surface area contributed by atoms with Crippen LogP contribution in [0.3, 0.4) is 0 Å². The minimum Gasteiger partial charge on any atom is -0.351 e. The first kappa shape index (κ1) is 15.3. The van der Waals surface area contributed by atoms with Crippen LogP contribution in [0.2, 0.25) is 0 Å². The predicted octanol–water partition coefficient (Wildman–Crippen LogP) is 1.67. The molecular formula is C16H22N4O. The van der Waals surface area contributed by atoms with Crippen molar-refractivity contribution in [1.29, 1.82) is 0 Å². The lowest BCUT2D eigenvalue weighted by atomic mass is 10.1. The van der Waals surface area contributed by atoms with Gasteiger partial charge in [0, 0.05) is 25.5 Å². The maximum Gasteiger partial charge on any atom is 0.237 e. The van der Waals surface area contributed by atoms with Crippen molar-refractivity contribution in [2.75, 3.05) is 0 Å². The van der Waals surface area contributed by atoms with E-state index >= 15 is 0 Å². The zero-order chi connectivity index (χ0) is 15.1. The molecule has 0 radical (unpaired) electrons. The highest BCUT2D eigenvalue weighted by molar-refractivity contribution is 5.81. The molecule has 0 aliphatic heterocycles. The average molecular weight is 286 g/mol. The van der Waals surface area contributed by atoms with Crippen LogP contribution in [-0.2, 0) is 17.9 Å².